The molecule has 74 valence electrons. The van der Waals surface area contributed by atoms with Gasteiger partial charge in [-0.1, -0.05) is 0 Å². The van der Waals surface area contributed by atoms with E-state index in [2.05, 4.69) is 0 Å². The van der Waals surface area contributed by atoms with Crippen LogP contribution < -0.4 is 4.74 Å². The summed E-state index contributed by atoms with van der Waals surface area (Å²) in [5.74, 6) is -0.432. The highest BCUT2D eigenvalue weighted by molar-refractivity contribution is 5.42. The fourth-order valence-electron chi connectivity index (χ4n) is 1.38. The van der Waals surface area contributed by atoms with Gasteiger partial charge in [0.1, 0.15) is 11.6 Å². The van der Waals surface area contributed by atoms with Crippen LogP contribution in [0.15, 0.2) is 12.1 Å². The van der Waals surface area contributed by atoms with Crippen LogP contribution in [0.2, 0.25) is 0 Å². The Morgan fingerprint density at radius 2 is 2.14 bits per heavy atom. The first-order valence-electron chi connectivity index (χ1n) is 4.33. The van der Waals surface area contributed by atoms with Crippen molar-refractivity contribution < 1.29 is 9.13 Å². The topological polar surface area (TPSA) is 33.0 Å². The van der Waals surface area contributed by atoms with Crippen molar-refractivity contribution in [2.24, 2.45) is 0 Å². The predicted molar refractivity (Wildman–Crippen MR) is 51.7 cm³/mol. The lowest BCUT2D eigenvalue weighted by atomic mass is 9.99. The summed E-state index contributed by atoms with van der Waals surface area (Å²) in [6.07, 6.45) is 0. The molecule has 0 saturated heterocycles. The molecular formula is C11H12FNO. The van der Waals surface area contributed by atoms with Crippen molar-refractivity contribution in [3.8, 4) is 11.8 Å². The zero-order valence-corrected chi connectivity index (χ0v) is 8.47. The highest BCUT2D eigenvalue weighted by Gasteiger charge is 2.16. The van der Waals surface area contributed by atoms with Gasteiger partial charge in [0.25, 0.3) is 0 Å². The van der Waals surface area contributed by atoms with Crippen LogP contribution in [-0.2, 0) is 0 Å². The Labute approximate surface area is 82.9 Å². The molecule has 14 heavy (non-hydrogen) atoms. The van der Waals surface area contributed by atoms with E-state index in [1.54, 1.807) is 19.9 Å². The summed E-state index contributed by atoms with van der Waals surface area (Å²) in [5, 5.41) is 8.73. The van der Waals surface area contributed by atoms with E-state index in [0.717, 1.165) is 5.56 Å². The second-order valence-electron chi connectivity index (χ2n) is 3.21. The van der Waals surface area contributed by atoms with Crippen molar-refractivity contribution in [3.05, 3.63) is 29.1 Å². The van der Waals surface area contributed by atoms with E-state index in [1.165, 1.54) is 13.2 Å². The largest absolute Gasteiger partial charge is 0.496 e. The molecule has 0 aromatic heterocycles. The average Bonchev–Trinajstić information content (AvgIpc) is 2.15. The first-order valence-corrected chi connectivity index (χ1v) is 4.33. The molecule has 0 amide bonds. The number of hydrogen-bond donors (Lipinski definition) is 0. The van der Waals surface area contributed by atoms with E-state index in [9.17, 15) is 4.39 Å². The van der Waals surface area contributed by atoms with E-state index in [0.29, 0.717) is 11.3 Å². The van der Waals surface area contributed by atoms with Gasteiger partial charge in [0, 0.05) is 5.56 Å². The molecule has 0 bridgehead atoms. The van der Waals surface area contributed by atoms with Crippen LogP contribution in [0.25, 0.3) is 0 Å². The van der Waals surface area contributed by atoms with Gasteiger partial charge in [0.15, 0.2) is 0 Å². The summed E-state index contributed by atoms with van der Waals surface area (Å²) < 4.78 is 18.5. The number of aryl methyl sites for hydroxylation is 1. The van der Waals surface area contributed by atoms with Crippen LogP contribution in [-0.4, -0.2) is 7.11 Å². The maximum atomic E-state index is 13.5. The van der Waals surface area contributed by atoms with E-state index in [1.807, 2.05) is 6.07 Å². The minimum absolute atomic E-state index is 0.334. The lowest BCUT2D eigenvalue weighted by molar-refractivity contribution is 0.403. The zero-order chi connectivity index (χ0) is 10.7. The van der Waals surface area contributed by atoms with Crippen molar-refractivity contribution in [2.45, 2.75) is 19.8 Å². The van der Waals surface area contributed by atoms with Gasteiger partial charge in [0.2, 0.25) is 0 Å². The first kappa shape index (κ1) is 10.5. The van der Waals surface area contributed by atoms with E-state index >= 15 is 0 Å². The van der Waals surface area contributed by atoms with Crippen LogP contribution in [0.1, 0.15) is 24.0 Å². The maximum Gasteiger partial charge on any atom is 0.131 e. The quantitative estimate of drug-likeness (QED) is 0.723. The third kappa shape index (κ3) is 1.85. The van der Waals surface area contributed by atoms with Gasteiger partial charge < -0.3 is 4.74 Å². The van der Waals surface area contributed by atoms with Gasteiger partial charge in [-0.2, -0.15) is 5.26 Å². The first-order chi connectivity index (χ1) is 6.60. The maximum absolute atomic E-state index is 13.5. The zero-order valence-electron chi connectivity index (χ0n) is 8.47. The summed E-state index contributed by atoms with van der Waals surface area (Å²) in [5.41, 5.74) is 1.12. The molecule has 3 heteroatoms. The number of nitriles is 1. The molecule has 0 fully saturated rings. The molecule has 0 heterocycles. The van der Waals surface area contributed by atoms with Crippen molar-refractivity contribution in [2.75, 3.05) is 7.11 Å². The molecular weight excluding hydrogens is 181 g/mol. The number of methoxy groups -OCH3 is 1. The molecule has 1 rings (SSSR count). The number of halogens is 1. The van der Waals surface area contributed by atoms with Crippen molar-refractivity contribution in [3.63, 3.8) is 0 Å². The van der Waals surface area contributed by atoms with Gasteiger partial charge in [-0.05, 0) is 31.5 Å². The lowest BCUT2D eigenvalue weighted by Gasteiger charge is -2.11. The van der Waals surface area contributed by atoms with Gasteiger partial charge in [-0.15, -0.1) is 0 Å². The summed E-state index contributed by atoms with van der Waals surface area (Å²) in [7, 11) is 1.47. The summed E-state index contributed by atoms with van der Waals surface area (Å²) in [4.78, 5) is 0. The van der Waals surface area contributed by atoms with E-state index < -0.39 is 5.92 Å². The Kier molecular flexibility index (Phi) is 3.08. The summed E-state index contributed by atoms with van der Waals surface area (Å²) >= 11 is 0. The summed E-state index contributed by atoms with van der Waals surface area (Å²) in [6.45, 7) is 3.43. The molecule has 0 spiro atoms. The molecule has 1 aromatic rings. The number of ether oxygens (including phenoxy) is 1. The minimum atomic E-state index is -0.495. The number of hydrogen-bond acceptors (Lipinski definition) is 2. The molecule has 0 aliphatic heterocycles. The SMILES string of the molecule is COc1cc(C)cc(F)c1C(C)C#N. The van der Waals surface area contributed by atoms with Gasteiger partial charge >= 0.3 is 0 Å². The van der Waals surface area contributed by atoms with Crippen LogP contribution in [0, 0.1) is 24.1 Å². The van der Waals surface area contributed by atoms with Crippen molar-refractivity contribution in [1.82, 2.24) is 0 Å². The molecule has 0 saturated carbocycles. The molecule has 1 aromatic carbocycles. The van der Waals surface area contributed by atoms with E-state index in [-0.39, 0.29) is 5.82 Å². The smallest absolute Gasteiger partial charge is 0.131 e. The highest BCUT2D eigenvalue weighted by Crippen LogP contribution is 2.29. The van der Waals surface area contributed by atoms with Crippen LogP contribution in [0.4, 0.5) is 4.39 Å². The Hall–Kier alpha value is -1.56. The number of benzene rings is 1. The Morgan fingerprint density at radius 1 is 1.50 bits per heavy atom. The van der Waals surface area contributed by atoms with Crippen LogP contribution >= 0.6 is 0 Å². The molecule has 0 radical (unpaired) electrons. The van der Waals surface area contributed by atoms with Gasteiger partial charge in [0.05, 0.1) is 19.1 Å². The fourth-order valence-corrected chi connectivity index (χ4v) is 1.38. The normalized spacial score (nSPS) is 11.9. The summed E-state index contributed by atoms with van der Waals surface area (Å²) in [6, 6.07) is 5.13. The third-order valence-corrected chi connectivity index (χ3v) is 2.08. The van der Waals surface area contributed by atoms with Crippen LogP contribution in [0.5, 0.6) is 5.75 Å². The lowest BCUT2D eigenvalue weighted by Crippen LogP contribution is -2.00. The van der Waals surface area contributed by atoms with Crippen molar-refractivity contribution in [1.29, 1.82) is 5.26 Å². The monoisotopic (exact) mass is 193 g/mol. The number of rotatable bonds is 2. The third-order valence-electron chi connectivity index (χ3n) is 2.08. The van der Waals surface area contributed by atoms with E-state index in [4.69, 9.17) is 10.00 Å². The Bertz CT molecular complexity index is 382. The second-order valence-corrected chi connectivity index (χ2v) is 3.21. The Morgan fingerprint density at radius 3 is 2.64 bits per heavy atom. The van der Waals surface area contributed by atoms with Crippen molar-refractivity contribution >= 4 is 0 Å². The molecule has 0 aliphatic carbocycles. The molecule has 0 aliphatic rings. The molecule has 2 nitrogen and oxygen atoms in total. The highest BCUT2D eigenvalue weighted by atomic mass is 19.1. The molecule has 1 unspecified atom stereocenters. The minimum Gasteiger partial charge on any atom is -0.496 e. The predicted octanol–water partition coefficient (Wildman–Crippen LogP) is 2.77. The molecule has 1 atom stereocenters. The van der Waals surface area contributed by atoms with Gasteiger partial charge in [-0.25, -0.2) is 4.39 Å². The second kappa shape index (κ2) is 4.10. The molecule has 0 N–H and O–H groups in total. The fraction of sp³-hybridized carbons (Fsp3) is 0.364. The Balaban J connectivity index is 3.34. The van der Waals surface area contributed by atoms with Crippen LogP contribution in [0.3, 0.4) is 0 Å². The number of nitrogens with zero attached hydrogens (tertiary/aromatic N) is 1. The average molecular weight is 193 g/mol. The van der Waals surface area contributed by atoms with Gasteiger partial charge in [-0.3, -0.25) is 0 Å². The standard InChI is InChI=1S/C11H12FNO/c1-7-4-9(12)11(8(2)6-13)10(5-7)14-3/h4-5,8H,1-3H3.